The van der Waals surface area contributed by atoms with Crippen molar-refractivity contribution in [2.75, 3.05) is 7.05 Å². The number of hydrogen-bond acceptors (Lipinski definition) is 2. The molecule has 19 heavy (non-hydrogen) atoms. The average Bonchev–Trinajstić information content (AvgIpc) is 2.77. The Hall–Kier alpha value is -1.13. The third kappa shape index (κ3) is 3.45. The maximum atomic E-state index is 4.51. The van der Waals surface area contributed by atoms with Crippen molar-refractivity contribution in [3.63, 3.8) is 0 Å². The van der Waals surface area contributed by atoms with Gasteiger partial charge in [-0.25, -0.2) is 0 Å². The van der Waals surface area contributed by atoms with E-state index in [4.69, 9.17) is 0 Å². The highest BCUT2D eigenvalue weighted by Gasteiger charge is 2.13. The molecule has 2 aromatic rings. The van der Waals surface area contributed by atoms with Gasteiger partial charge in [-0.3, -0.25) is 4.68 Å². The largest absolute Gasteiger partial charge is 0.313 e. The standard InChI is InChI=1S/C15H20BrN3/c1-4-19-14(9-11(2)18-19)10-15(17-3)12-5-7-13(16)8-6-12/h5-9,15,17H,4,10H2,1-3H3. The van der Waals surface area contributed by atoms with E-state index >= 15 is 0 Å². The van der Waals surface area contributed by atoms with Gasteiger partial charge in [-0.15, -0.1) is 0 Å². The minimum absolute atomic E-state index is 0.314. The number of nitrogens with zero attached hydrogens (tertiary/aromatic N) is 2. The number of likely N-dealkylation sites (N-methyl/N-ethyl adjacent to an activating group) is 1. The van der Waals surface area contributed by atoms with Crippen molar-refractivity contribution >= 4 is 15.9 Å². The lowest BCUT2D eigenvalue weighted by atomic mass is 10.0. The first-order valence-corrected chi connectivity index (χ1v) is 7.39. The van der Waals surface area contributed by atoms with E-state index in [0.717, 1.165) is 23.1 Å². The molecule has 1 aromatic heterocycles. The zero-order valence-corrected chi connectivity index (χ0v) is 13.2. The summed E-state index contributed by atoms with van der Waals surface area (Å²) in [7, 11) is 2.01. The second-order valence-corrected chi connectivity index (χ2v) is 5.61. The highest BCUT2D eigenvalue weighted by molar-refractivity contribution is 9.10. The molecule has 0 fully saturated rings. The topological polar surface area (TPSA) is 29.9 Å². The third-order valence-corrected chi connectivity index (χ3v) is 3.85. The van der Waals surface area contributed by atoms with Crippen LogP contribution in [0.2, 0.25) is 0 Å². The van der Waals surface area contributed by atoms with Crippen LogP contribution in [0.4, 0.5) is 0 Å². The summed E-state index contributed by atoms with van der Waals surface area (Å²) in [6.45, 7) is 5.09. The predicted octanol–water partition coefficient (Wildman–Crippen LogP) is 3.48. The molecule has 1 atom stereocenters. The quantitative estimate of drug-likeness (QED) is 0.913. The first-order valence-electron chi connectivity index (χ1n) is 6.60. The van der Waals surface area contributed by atoms with E-state index in [2.05, 4.69) is 68.3 Å². The average molecular weight is 322 g/mol. The summed E-state index contributed by atoms with van der Waals surface area (Å²) in [5, 5.41) is 7.90. The second kappa shape index (κ2) is 6.35. The molecule has 0 saturated heterocycles. The van der Waals surface area contributed by atoms with E-state index in [-0.39, 0.29) is 0 Å². The molecule has 0 aliphatic carbocycles. The van der Waals surface area contributed by atoms with Crippen LogP contribution in [0.3, 0.4) is 0 Å². The molecule has 0 aliphatic heterocycles. The van der Waals surface area contributed by atoms with Crippen molar-refractivity contribution in [3.05, 3.63) is 51.8 Å². The minimum atomic E-state index is 0.314. The van der Waals surface area contributed by atoms with Crippen molar-refractivity contribution in [1.82, 2.24) is 15.1 Å². The normalized spacial score (nSPS) is 12.6. The number of aryl methyl sites for hydroxylation is 2. The molecule has 1 N–H and O–H groups in total. The Morgan fingerprint density at radius 3 is 2.58 bits per heavy atom. The van der Waals surface area contributed by atoms with Crippen LogP contribution in [0, 0.1) is 6.92 Å². The van der Waals surface area contributed by atoms with E-state index in [1.807, 2.05) is 14.0 Å². The molecule has 0 bridgehead atoms. The molecule has 0 saturated carbocycles. The summed E-state index contributed by atoms with van der Waals surface area (Å²) in [4.78, 5) is 0. The van der Waals surface area contributed by atoms with Crippen molar-refractivity contribution in [3.8, 4) is 0 Å². The van der Waals surface area contributed by atoms with Gasteiger partial charge in [0.2, 0.25) is 0 Å². The van der Waals surface area contributed by atoms with Gasteiger partial charge in [0.1, 0.15) is 0 Å². The Bertz CT molecular complexity index is 531. The molecule has 0 spiro atoms. The molecule has 4 heteroatoms. The van der Waals surface area contributed by atoms with Gasteiger partial charge in [0.25, 0.3) is 0 Å². The van der Waals surface area contributed by atoms with Gasteiger partial charge in [-0.1, -0.05) is 28.1 Å². The summed E-state index contributed by atoms with van der Waals surface area (Å²) >= 11 is 3.47. The van der Waals surface area contributed by atoms with Crippen molar-refractivity contribution < 1.29 is 0 Å². The molecule has 1 aromatic carbocycles. The van der Waals surface area contributed by atoms with E-state index in [1.54, 1.807) is 0 Å². The number of rotatable bonds is 5. The van der Waals surface area contributed by atoms with Gasteiger partial charge in [-0.2, -0.15) is 5.10 Å². The van der Waals surface area contributed by atoms with Gasteiger partial charge < -0.3 is 5.32 Å². The molecule has 1 unspecified atom stereocenters. The van der Waals surface area contributed by atoms with Crippen LogP contribution in [0.15, 0.2) is 34.8 Å². The predicted molar refractivity (Wildman–Crippen MR) is 82.3 cm³/mol. The van der Waals surface area contributed by atoms with Crippen LogP contribution in [-0.2, 0) is 13.0 Å². The van der Waals surface area contributed by atoms with E-state index in [1.165, 1.54) is 11.3 Å². The van der Waals surface area contributed by atoms with E-state index < -0.39 is 0 Å². The van der Waals surface area contributed by atoms with Gasteiger partial charge in [-0.05, 0) is 44.7 Å². The fraction of sp³-hybridized carbons (Fsp3) is 0.400. The second-order valence-electron chi connectivity index (χ2n) is 4.69. The van der Waals surface area contributed by atoms with Crippen LogP contribution >= 0.6 is 15.9 Å². The Morgan fingerprint density at radius 1 is 1.32 bits per heavy atom. The Labute approximate surface area is 123 Å². The molecule has 102 valence electrons. The third-order valence-electron chi connectivity index (χ3n) is 3.32. The summed E-state index contributed by atoms with van der Waals surface area (Å²) in [5.74, 6) is 0. The zero-order valence-electron chi connectivity index (χ0n) is 11.7. The van der Waals surface area contributed by atoms with Gasteiger partial charge in [0, 0.05) is 29.2 Å². The lowest BCUT2D eigenvalue weighted by Crippen LogP contribution is -2.20. The number of aromatic nitrogens is 2. The van der Waals surface area contributed by atoms with Crippen molar-refractivity contribution in [2.45, 2.75) is 32.9 Å². The highest BCUT2D eigenvalue weighted by Crippen LogP contribution is 2.21. The monoisotopic (exact) mass is 321 g/mol. The van der Waals surface area contributed by atoms with E-state index in [9.17, 15) is 0 Å². The summed E-state index contributed by atoms with van der Waals surface area (Å²) in [5.41, 5.74) is 3.66. The molecular formula is C15H20BrN3. The summed E-state index contributed by atoms with van der Waals surface area (Å²) < 4.78 is 3.19. The number of benzene rings is 1. The van der Waals surface area contributed by atoms with E-state index in [0.29, 0.717) is 6.04 Å². The van der Waals surface area contributed by atoms with Gasteiger partial charge in [0.05, 0.1) is 5.69 Å². The van der Waals surface area contributed by atoms with Gasteiger partial charge >= 0.3 is 0 Å². The Balaban J connectivity index is 2.21. The van der Waals surface area contributed by atoms with Crippen molar-refractivity contribution in [1.29, 1.82) is 0 Å². The molecule has 0 aliphatic rings. The van der Waals surface area contributed by atoms with Crippen molar-refractivity contribution in [2.24, 2.45) is 0 Å². The number of halogens is 1. The van der Waals surface area contributed by atoms with Gasteiger partial charge in [0.15, 0.2) is 0 Å². The molecular weight excluding hydrogens is 302 g/mol. The number of nitrogens with one attached hydrogen (secondary N) is 1. The first-order chi connectivity index (χ1) is 9.13. The fourth-order valence-corrected chi connectivity index (χ4v) is 2.59. The molecule has 0 amide bonds. The molecule has 0 radical (unpaired) electrons. The van der Waals surface area contributed by atoms with Crippen LogP contribution in [0.25, 0.3) is 0 Å². The molecule has 2 rings (SSSR count). The molecule has 1 heterocycles. The van der Waals surface area contributed by atoms with Crippen LogP contribution < -0.4 is 5.32 Å². The Morgan fingerprint density at radius 2 is 2.00 bits per heavy atom. The smallest absolute Gasteiger partial charge is 0.0596 e. The van der Waals surface area contributed by atoms with Crippen LogP contribution in [0.1, 0.15) is 29.9 Å². The maximum absolute atomic E-state index is 4.51. The SMILES string of the molecule is CCn1nc(C)cc1CC(NC)c1ccc(Br)cc1. The van der Waals surface area contributed by atoms with Crippen LogP contribution in [-0.4, -0.2) is 16.8 Å². The summed E-state index contributed by atoms with van der Waals surface area (Å²) in [6.07, 6.45) is 0.951. The fourth-order valence-electron chi connectivity index (χ4n) is 2.33. The lowest BCUT2D eigenvalue weighted by Gasteiger charge is -2.17. The van der Waals surface area contributed by atoms with Crippen LogP contribution in [0.5, 0.6) is 0 Å². The minimum Gasteiger partial charge on any atom is -0.313 e. The molecule has 3 nitrogen and oxygen atoms in total. The highest BCUT2D eigenvalue weighted by atomic mass is 79.9. The maximum Gasteiger partial charge on any atom is 0.0596 e. The first kappa shape index (κ1) is 14.3. The Kier molecular flexibility index (Phi) is 4.77. The lowest BCUT2D eigenvalue weighted by molar-refractivity contribution is 0.541. The zero-order chi connectivity index (χ0) is 13.8. The summed E-state index contributed by atoms with van der Waals surface area (Å²) in [6, 6.07) is 11.0. The number of hydrogen-bond donors (Lipinski definition) is 1.